The zero-order chi connectivity index (χ0) is 30.3. The summed E-state index contributed by atoms with van der Waals surface area (Å²) < 4.78 is 20.7. The lowest BCUT2D eigenvalue weighted by atomic mass is 9.92. The number of imidazole rings is 1. The fourth-order valence-corrected chi connectivity index (χ4v) is 5.57. The number of rotatable bonds is 9. The van der Waals surface area contributed by atoms with E-state index in [9.17, 15) is 24.3 Å². The molecule has 43 heavy (non-hydrogen) atoms. The zero-order valence-electron chi connectivity index (χ0n) is 23.5. The number of anilines is 1. The van der Waals surface area contributed by atoms with E-state index in [0.717, 1.165) is 19.2 Å². The second kappa shape index (κ2) is 11.2. The van der Waals surface area contributed by atoms with Crippen molar-refractivity contribution in [1.29, 1.82) is 0 Å². The lowest BCUT2D eigenvalue weighted by Gasteiger charge is -2.26. The number of hydrogen-bond acceptors (Lipinski definition) is 7. The number of morpholine rings is 1. The number of aromatic nitrogens is 2. The number of carbonyl (C=O) groups excluding carboxylic acids is 3. The van der Waals surface area contributed by atoms with E-state index in [4.69, 9.17) is 4.74 Å². The predicted octanol–water partition coefficient (Wildman–Crippen LogP) is 2.30. The summed E-state index contributed by atoms with van der Waals surface area (Å²) in [7, 11) is 0. The normalized spacial score (nSPS) is 17.2. The zero-order valence-corrected chi connectivity index (χ0v) is 23.5. The lowest BCUT2D eigenvalue weighted by Crippen LogP contribution is -2.41. The summed E-state index contributed by atoms with van der Waals surface area (Å²) in [5.74, 6) is -2.83. The van der Waals surface area contributed by atoms with E-state index < -0.39 is 23.1 Å². The molecule has 0 radical (unpaired) electrons. The maximum absolute atomic E-state index is 15.4. The van der Waals surface area contributed by atoms with Crippen molar-refractivity contribution in [1.82, 2.24) is 25.5 Å². The first kappa shape index (κ1) is 28.5. The van der Waals surface area contributed by atoms with Crippen molar-refractivity contribution in [3.63, 3.8) is 0 Å². The minimum absolute atomic E-state index is 0.142. The number of carboxylic acid groups (broad SMARTS) is 1. The molecule has 3 aliphatic rings. The second-order valence-electron chi connectivity index (χ2n) is 11.0. The minimum atomic E-state index is -1.45. The van der Waals surface area contributed by atoms with Crippen LogP contribution in [0.1, 0.15) is 44.9 Å². The number of nitrogens with one attached hydrogen (secondary N) is 4. The molecule has 3 heterocycles. The van der Waals surface area contributed by atoms with E-state index in [1.807, 2.05) is 0 Å². The lowest BCUT2D eigenvalue weighted by molar-refractivity contribution is -0.147. The molecule has 2 aliphatic heterocycles. The Balaban J connectivity index is 1.22. The molecule has 224 valence electrons. The number of aromatic amines is 1. The Bertz CT molecular complexity index is 1640. The van der Waals surface area contributed by atoms with Crippen LogP contribution in [0, 0.1) is 18.2 Å². The number of amides is 3. The van der Waals surface area contributed by atoms with Gasteiger partial charge in [0.15, 0.2) is 0 Å². The SMILES string of the molecule is Cc1[nH]c(-c2ccc(-c3ccc(NC(=O)C4(C(=O)O)CC4)cc3F)c3c2C(=O)NC3)nc1C(=O)NCCN1CCOCC1. The summed E-state index contributed by atoms with van der Waals surface area (Å²) in [5.41, 5.74) is 1.56. The van der Waals surface area contributed by atoms with E-state index in [1.165, 1.54) is 12.1 Å². The molecular formula is C30H31FN6O6. The molecule has 0 bridgehead atoms. The number of H-pyrrole nitrogens is 1. The van der Waals surface area contributed by atoms with Gasteiger partial charge in [0.2, 0.25) is 5.91 Å². The average Bonchev–Trinajstić information content (AvgIpc) is 3.60. The number of aryl methyl sites for hydroxylation is 1. The van der Waals surface area contributed by atoms with Gasteiger partial charge in [-0.1, -0.05) is 6.07 Å². The number of halogens is 1. The topological polar surface area (TPSA) is 166 Å². The molecule has 2 aromatic carbocycles. The summed E-state index contributed by atoms with van der Waals surface area (Å²) in [5, 5.41) is 17.5. The maximum atomic E-state index is 15.4. The Morgan fingerprint density at radius 1 is 1.12 bits per heavy atom. The van der Waals surface area contributed by atoms with Crippen molar-refractivity contribution in [3.05, 3.63) is 58.7 Å². The van der Waals surface area contributed by atoms with Gasteiger partial charge >= 0.3 is 5.97 Å². The van der Waals surface area contributed by atoms with Gasteiger partial charge in [-0.05, 0) is 55.2 Å². The van der Waals surface area contributed by atoms with Gasteiger partial charge in [0.1, 0.15) is 22.8 Å². The molecule has 13 heteroatoms. The number of carboxylic acids is 1. The van der Waals surface area contributed by atoms with E-state index in [1.54, 1.807) is 19.1 Å². The molecule has 1 aromatic heterocycles. The first-order valence-corrected chi connectivity index (χ1v) is 14.1. The van der Waals surface area contributed by atoms with E-state index in [0.29, 0.717) is 60.1 Å². The molecule has 5 N–H and O–H groups in total. The fourth-order valence-electron chi connectivity index (χ4n) is 5.57. The Hall–Kier alpha value is -4.62. The van der Waals surface area contributed by atoms with Crippen molar-refractivity contribution in [2.45, 2.75) is 26.3 Å². The smallest absolute Gasteiger partial charge is 0.319 e. The third-order valence-corrected chi connectivity index (χ3v) is 8.25. The fraction of sp³-hybridized carbons (Fsp3) is 0.367. The maximum Gasteiger partial charge on any atom is 0.319 e. The highest BCUT2D eigenvalue weighted by Gasteiger charge is 2.57. The van der Waals surface area contributed by atoms with Crippen LogP contribution in [-0.4, -0.2) is 83.1 Å². The number of nitrogens with zero attached hydrogens (tertiary/aromatic N) is 2. The third-order valence-electron chi connectivity index (χ3n) is 8.25. The predicted molar refractivity (Wildman–Crippen MR) is 153 cm³/mol. The molecule has 3 aromatic rings. The van der Waals surface area contributed by atoms with Crippen LogP contribution in [0.5, 0.6) is 0 Å². The molecule has 6 rings (SSSR count). The molecule has 3 amide bonds. The Labute approximate surface area is 246 Å². The van der Waals surface area contributed by atoms with Gasteiger partial charge in [-0.15, -0.1) is 0 Å². The van der Waals surface area contributed by atoms with Gasteiger partial charge in [-0.3, -0.25) is 24.1 Å². The van der Waals surface area contributed by atoms with Gasteiger partial charge in [-0.25, -0.2) is 9.37 Å². The molecule has 12 nitrogen and oxygen atoms in total. The Morgan fingerprint density at radius 3 is 2.53 bits per heavy atom. The van der Waals surface area contributed by atoms with Crippen LogP contribution in [0.3, 0.4) is 0 Å². The van der Waals surface area contributed by atoms with Crippen molar-refractivity contribution in [3.8, 4) is 22.5 Å². The molecule has 1 saturated carbocycles. The number of carbonyl (C=O) groups is 4. The molecule has 0 atom stereocenters. The van der Waals surface area contributed by atoms with Crippen LogP contribution in [0.15, 0.2) is 30.3 Å². The van der Waals surface area contributed by atoms with Crippen molar-refractivity contribution < 1.29 is 33.4 Å². The second-order valence-corrected chi connectivity index (χ2v) is 11.0. The number of aliphatic carboxylic acids is 1. The summed E-state index contributed by atoms with van der Waals surface area (Å²) >= 11 is 0. The highest BCUT2D eigenvalue weighted by Crippen LogP contribution is 2.47. The highest BCUT2D eigenvalue weighted by atomic mass is 19.1. The molecule has 2 fully saturated rings. The standard InChI is InChI=1S/C30H31FN6O6/c1-16-24(27(39)32-8-9-37-10-12-43-13-11-37)36-25(34-16)20-5-4-18(21-15-33-26(38)23(20)21)19-3-2-17(14-22(19)31)35-28(40)30(6-7-30)29(41)42/h2-5,14H,6-13,15H2,1H3,(H,32,39)(H,33,38)(H,34,36)(H,35,40)(H,41,42). The van der Waals surface area contributed by atoms with Crippen LogP contribution in [0.2, 0.25) is 0 Å². The van der Waals surface area contributed by atoms with Gasteiger partial charge in [0.05, 0.1) is 18.8 Å². The van der Waals surface area contributed by atoms with E-state index >= 15 is 4.39 Å². The van der Waals surface area contributed by atoms with E-state index in [-0.39, 0.29) is 48.1 Å². The summed E-state index contributed by atoms with van der Waals surface area (Å²) in [6.07, 6.45) is 0.481. The highest BCUT2D eigenvalue weighted by molar-refractivity contribution is 6.11. The first-order valence-electron chi connectivity index (χ1n) is 14.1. The monoisotopic (exact) mass is 590 g/mol. The number of hydrogen-bond donors (Lipinski definition) is 5. The van der Waals surface area contributed by atoms with Crippen LogP contribution in [0.4, 0.5) is 10.1 Å². The average molecular weight is 591 g/mol. The van der Waals surface area contributed by atoms with Gasteiger partial charge in [0, 0.05) is 55.2 Å². The van der Waals surface area contributed by atoms with E-state index in [2.05, 4.69) is 30.8 Å². The Morgan fingerprint density at radius 2 is 1.84 bits per heavy atom. The van der Waals surface area contributed by atoms with Crippen molar-refractivity contribution in [2.75, 3.05) is 44.7 Å². The quantitative estimate of drug-likeness (QED) is 0.237. The van der Waals surface area contributed by atoms with Gasteiger partial charge < -0.3 is 30.8 Å². The third kappa shape index (κ3) is 5.37. The van der Waals surface area contributed by atoms with Crippen molar-refractivity contribution >= 4 is 29.4 Å². The first-order chi connectivity index (χ1) is 20.7. The molecule has 1 aliphatic carbocycles. The molecule has 0 spiro atoms. The number of benzene rings is 2. The van der Waals surface area contributed by atoms with Crippen LogP contribution in [0.25, 0.3) is 22.5 Å². The van der Waals surface area contributed by atoms with Crippen LogP contribution < -0.4 is 16.0 Å². The van der Waals surface area contributed by atoms with Gasteiger partial charge in [0.25, 0.3) is 11.8 Å². The van der Waals surface area contributed by atoms with Gasteiger partial charge in [-0.2, -0.15) is 0 Å². The van der Waals surface area contributed by atoms with Crippen LogP contribution in [-0.2, 0) is 20.9 Å². The molecule has 1 saturated heterocycles. The molecular weight excluding hydrogens is 559 g/mol. The summed E-state index contributed by atoms with van der Waals surface area (Å²) in [6.45, 7) is 6.07. The minimum Gasteiger partial charge on any atom is -0.480 e. The Kier molecular flexibility index (Phi) is 7.44. The number of ether oxygens (including phenoxy) is 1. The van der Waals surface area contributed by atoms with Crippen LogP contribution >= 0.6 is 0 Å². The molecule has 0 unspecified atom stereocenters. The largest absolute Gasteiger partial charge is 0.480 e. The van der Waals surface area contributed by atoms with Crippen molar-refractivity contribution in [2.24, 2.45) is 5.41 Å². The summed E-state index contributed by atoms with van der Waals surface area (Å²) in [6, 6.07) is 7.47. The summed E-state index contributed by atoms with van der Waals surface area (Å²) in [4.78, 5) is 59.6. The number of fused-ring (bicyclic) bond motifs is 1.